The molecule has 21 heavy (non-hydrogen) atoms. The van der Waals surface area contributed by atoms with Crippen LogP contribution in [0.3, 0.4) is 0 Å². The second kappa shape index (κ2) is 7.76. The smallest absolute Gasteiger partial charge is 0.119 e. The zero-order chi connectivity index (χ0) is 15.1. The average molecular weight is 285 g/mol. The minimum atomic E-state index is -0.0663. The molecule has 0 aliphatic heterocycles. The maximum Gasteiger partial charge on any atom is 0.119 e. The van der Waals surface area contributed by atoms with E-state index in [0.717, 1.165) is 41.9 Å². The third kappa shape index (κ3) is 4.03. The summed E-state index contributed by atoms with van der Waals surface area (Å²) < 4.78 is 5.68. The largest absolute Gasteiger partial charge is 0.494 e. The SMILES string of the molecule is CCCCOc1ccc(C(NN)c2cnccc2C)cc1. The monoisotopic (exact) mass is 285 g/mol. The number of unbranched alkanes of at least 4 members (excludes halogenated alkanes) is 1. The van der Waals surface area contributed by atoms with Crippen LogP contribution in [-0.2, 0) is 0 Å². The summed E-state index contributed by atoms with van der Waals surface area (Å²) in [4.78, 5) is 4.19. The first kappa shape index (κ1) is 15.5. The van der Waals surface area contributed by atoms with E-state index < -0.39 is 0 Å². The van der Waals surface area contributed by atoms with Crippen molar-refractivity contribution in [2.75, 3.05) is 6.61 Å². The molecule has 0 amide bonds. The van der Waals surface area contributed by atoms with E-state index in [1.807, 2.05) is 36.5 Å². The molecule has 2 rings (SSSR count). The highest BCUT2D eigenvalue weighted by Crippen LogP contribution is 2.25. The van der Waals surface area contributed by atoms with Gasteiger partial charge in [0.15, 0.2) is 0 Å². The first-order valence-electron chi connectivity index (χ1n) is 7.35. The van der Waals surface area contributed by atoms with Gasteiger partial charge in [-0.2, -0.15) is 0 Å². The Labute approximate surface area is 126 Å². The summed E-state index contributed by atoms with van der Waals surface area (Å²) in [6, 6.07) is 9.98. The Hall–Kier alpha value is -1.91. The molecule has 0 fully saturated rings. The van der Waals surface area contributed by atoms with Crippen LogP contribution in [0.15, 0.2) is 42.7 Å². The van der Waals surface area contributed by atoms with Crippen LogP contribution < -0.4 is 16.0 Å². The van der Waals surface area contributed by atoms with Gasteiger partial charge in [-0.25, -0.2) is 5.43 Å². The van der Waals surface area contributed by atoms with E-state index in [0.29, 0.717) is 0 Å². The topological polar surface area (TPSA) is 60.2 Å². The predicted molar refractivity (Wildman–Crippen MR) is 85.0 cm³/mol. The lowest BCUT2D eigenvalue weighted by Gasteiger charge is -2.19. The highest BCUT2D eigenvalue weighted by Gasteiger charge is 2.14. The van der Waals surface area contributed by atoms with Gasteiger partial charge in [-0.15, -0.1) is 0 Å². The summed E-state index contributed by atoms with van der Waals surface area (Å²) in [5.41, 5.74) is 6.21. The summed E-state index contributed by atoms with van der Waals surface area (Å²) in [7, 11) is 0. The molecule has 1 heterocycles. The zero-order valence-electron chi connectivity index (χ0n) is 12.7. The number of ether oxygens (including phenoxy) is 1. The fourth-order valence-electron chi connectivity index (χ4n) is 2.23. The third-order valence-corrected chi connectivity index (χ3v) is 3.54. The molecule has 0 saturated heterocycles. The van der Waals surface area contributed by atoms with Gasteiger partial charge in [0.25, 0.3) is 0 Å². The fraction of sp³-hybridized carbons (Fsp3) is 0.353. The van der Waals surface area contributed by atoms with Crippen molar-refractivity contribution in [2.24, 2.45) is 5.84 Å². The Morgan fingerprint density at radius 3 is 2.62 bits per heavy atom. The number of nitrogens with two attached hydrogens (primary N) is 1. The van der Waals surface area contributed by atoms with Crippen LogP contribution in [0.1, 0.15) is 42.5 Å². The quantitative estimate of drug-likeness (QED) is 0.466. The minimum absolute atomic E-state index is 0.0663. The third-order valence-electron chi connectivity index (χ3n) is 3.54. The Morgan fingerprint density at radius 2 is 2.00 bits per heavy atom. The maximum absolute atomic E-state index is 5.73. The summed E-state index contributed by atoms with van der Waals surface area (Å²) in [5, 5.41) is 0. The maximum atomic E-state index is 5.73. The van der Waals surface area contributed by atoms with Gasteiger partial charge in [0, 0.05) is 12.4 Å². The van der Waals surface area contributed by atoms with Crippen LogP contribution in [0, 0.1) is 6.92 Å². The van der Waals surface area contributed by atoms with E-state index in [2.05, 4.69) is 24.3 Å². The highest BCUT2D eigenvalue weighted by molar-refractivity contribution is 5.37. The van der Waals surface area contributed by atoms with Crippen LogP contribution >= 0.6 is 0 Å². The molecule has 0 saturated carbocycles. The van der Waals surface area contributed by atoms with E-state index in [9.17, 15) is 0 Å². The Morgan fingerprint density at radius 1 is 1.24 bits per heavy atom. The first-order valence-corrected chi connectivity index (χ1v) is 7.35. The molecule has 4 nitrogen and oxygen atoms in total. The molecular weight excluding hydrogens is 262 g/mol. The molecule has 1 aromatic carbocycles. The number of hydrogen-bond acceptors (Lipinski definition) is 4. The molecule has 2 aromatic rings. The minimum Gasteiger partial charge on any atom is -0.494 e. The van der Waals surface area contributed by atoms with Crippen LogP contribution in [0.4, 0.5) is 0 Å². The first-order chi connectivity index (χ1) is 10.3. The molecule has 0 spiro atoms. The van der Waals surface area contributed by atoms with Crippen molar-refractivity contribution < 1.29 is 4.74 Å². The van der Waals surface area contributed by atoms with Crippen LogP contribution in [0.2, 0.25) is 0 Å². The van der Waals surface area contributed by atoms with Gasteiger partial charge in [0.05, 0.1) is 12.6 Å². The van der Waals surface area contributed by atoms with Gasteiger partial charge in [0.2, 0.25) is 0 Å². The Kier molecular flexibility index (Phi) is 5.72. The molecule has 112 valence electrons. The lowest BCUT2D eigenvalue weighted by molar-refractivity contribution is 0.309. The van der Waals surface area contributed by atoms with E-state index in [4.69, 9.17) is 10.6 Å². The van der Waals surface area contributed by atoms with Gasteiger partial charge in [-0.05, 0) is 48.2 Å². The fourth-order valence-corrected chi connectivity index (χ4v) is 2.23. The summed E-state index contributed by atoms with van der Waals surface area (Å²) in [6.07, 6.45) is 5.85. The Balaban J connectivity index is 2.14. The predicted octanol–water partition coefficient (Wildman–Crippen LogP) is 3.12. The number of hydrazine groups is 1. The lowest BCUT2D eigenvalue weighted by atomic mass is 9.97. The number of hydrogen-bond donors (Lipinski definition) is 2. The van der Waals surface area contributed by atoms with Gasteiger partial charge in [-0.3, -0.25) is 10.8 Å². The lowest BCUT2D eigenvalue weighted by Crippen LogP contribution is -2.29. The molecule has 0 bridgehead atoms. The molecule has 1 aromatic heterocycles. The molecule has 3 N–H and O–H groups in total. The standard InChI is InChI=1S/C17H23N3O/c1-3-4-11-21-15-7-5-14(6-8-15)17(20-18)16-12-19-10-9-13(16)2/h5-10,12,17,20H,3-4,11,18H2,1-2H3. The number of nitrogens with zero attached hydrogens (tertiary/aromatic N) is 1. The van der Waals surface area contributed by atoms with Gasteiger partial charge < -0.3 is 4.74 Å². The average Bonchev–Trinajstić information content (AvgIpc) is 2.51. The van der Waals surface area contributed by atoms with E-state index in [1.165, 1.54) is 0 Å². The van der Waals surface area contributed by atoms with Crippen LogP contribution in [0.25, 0.3) is 0 Å². The summed E-state index contributed by atoms with van der Waals surface area (Å²) in [5.74, 6) is 6.63. The summed E-state index contributed by atoms with van der Waals surface area (Å²) in [6.45, 7) is 4.97. The van der Waals surface area contributed by atoms with Crippen molar-refractivity contribution in [1.29, 1.82) is 0 Å². The van der Waals surface area contributed by atoms with Crippen molar-refractivity contribution in [3.05, 3.63) is 59.4 Å². The number of aromatic nitrogens is 1. The number of pyridine rings is 1. The number of aryl methyl sites for hydroxylation is 1. The number of benzene rings is 1. The number of rotatable bonds is 7. The molecule has 0 radical (unpaired) electrons. The normalized spacial score (nSPS) is 12.1. The van der Waals surface area contributed by atoms with Crippen LogP contribution in [-0.4, -0.2) is 11.6 Å². The van der Waals surface area contributed by atoms with Gasteiger partial charge in [-0.1, -0.05) is 25.5 Å². The van der Waals surface area contributed by atoms with E-state index in [1.54, 1.807) is 6.20 Å². The van der Waals surface area contributed by atoms with Crippen molar-refractivity contribution in [1.82, 2.24) is 10.4 Å². The number of nitrogens with one attached hydrogen (secondary N) is 1. The van der Waals surface area contributed by atoms with Gasteiger partial charge >= 0.3 is 0 Å². The van der Waals surface area contributed by atoms with Crippen molar-refractivity contribution in [2.45, 2.75) is 32.7 Å². The van der Waals surface area contributed by atoms with E-state index in [-0.39, 0.29) is 6.04 Å². The Bertz CT molecular complexity index is 554. The second-order valence-corrected chi connectivity index (χ2v) is 5.10. The van der Waals surface area contributed by atoms with Crippen molar-refractivity contribution in [3.8, 4) is 5.75 Å². The van der Waals surface area contributed by atoms with Gasteiger partial charge in [0.1, 0.15) is 5.75 Å². The van der Waals surface area contributed by atoms with Crippen molar-refractivity contribution in [3.63, 3.8) is 0 Å². The molecule has 0 aliphatic rings. The van der Waals surface area contributed by atoms with E-state index >= 15 is 0 Å². The van der Waals surface area contributed by atoms with Crippen molar-refractivity contribution >= 4 is 0 Å². The molecule has 1 unspecified atom stereocenters. The second-order valence-electron chi connectivity index (χ2n) is 5.10. The molecular formula is C17H23N3O. The molecule has 4 heteroatoms. The summed E-state index contributed by atoms with van der Waals surface area (Å²) >= 11 is 0. The molecule has 1 atom stereocenters. The molecule has 0 aliphatic carbocycles. The zero-order valence-corrected chi connectivity index (χ0v) is 12.7. The van der Waals surface area contributed by atoms with Crippen LogP contribution in [0.5, 0.6) is 5.75 Å². The highest BCUT2D eigenvalue weighted by atomic mass is 16.5.